The topological polar surface area (TPSA) is 76.9 Å². The van der Waals surface area contributed by atoms with Crippen LogP contribution >= 0.6 is 0 Å². The summed E-state index contributed by atoms with van der Waals surface area (Å²) < 4.78 is 10.8. The molecule has 0 unspecified atom stereocenters. The number of nitrogens with zero attached hydrogens (tertiary/aromatic N) is 2. The van der Waals surface area contributed by atoms with Gasteiger partial charge in [0.25, 0.3) is 5.69 Å². The van der Waals surface area contributed by atoms with Gasteiger partial charge in [0.05, 0.1) is 16.6 Å². The van der Waals surface area contributed by atoms with Crippen LogP contribution in [0.4, 0.5) is 5.69 Å². The largest absolute Gasteiger partial charge is 0.454 e. The molecular formula is C16H23N3O4. The van der Waals surface area contributed by atoms with E-state index in [4.69, 9.17) is 9.47 Å². The first-order valence-electron chi connectivity index (χ1n) is 7.90. The first-order chi connectivity index (χ1) is 10.9. The molecule has 0 saturated carbocycles. The summed E-state index contributed by atoms with van der Waals surface area (Å²) in [6, 6.07) is 3.23. The Hall–Kier alpha value is -1.86. The zero-order chi connectivity index (χ0) is 16.6. The fourth-order valence-electron chi connectivity index (χ4n) is 3.48. The highest BCUT2D eigenvalue weighted by atomic mass is 16.7. The van der Waals surface area contributed by atoms with Crippen molar-refractivity contribution in [2.24, 2.45) is 5.41 Å². The first kappa shape index (κ1) is 16.0. The Morgan fingerprint density at radius 3 is 2.39 bits per heavy atom. The number of piperazine rings is 1. The van der Waals surface area contributed by atoms with Crippen LogP contribution in [0.3, 0.4) is 0 Å². The third-order valence-corrected chi connectivity index (χ3v) is 4.35. The lowest BCUT2D eigenvalue weighted by molar-refractivity contribution is -0.386. The average molecular weight is 321 g/mol. The smallest absolute Gasteiger partial charge is 0.278 e. The van der Waals surface area contributed by atoms with Gasteiger partial charge in [-0.25, -0.2) is 0 Å². The maximum atomic E-state index is 11.6. The monoisotopic (exact) mass is 321 g/mol. The molecule has 0 amide bonds. The second kappa shape index (κ2) is 5.98. The van der Waals surface area contributed by atoms with Crippen LogP contribution in [-0.4, -0.2) is 42.8 Å². The van der Waals surface area contributed by atoms with Crippen molar-refractivity contribution in [2.45, 2.75) is 26.8 Å². The van der Waals surface area contributed by atoms with Crippen LogP contribution in [0, 0.1) is 15.5 Å². The second-order valence-corrected chi connectivity index (χ2v) is 7.08. The van der Waals surface area contributed by atoms with Crippen molar-refractivity contribution in [3.63, 3.8) is 0 Å². The van der Waals surface area contributed by atoms with Crippen molar-refractivity contribution >= 4 is 5.69 Å². The van der Waals surface area contributed by atoms with Crippen LogP contribution in [0.15, 0.2) is 12.1 Å². The SMILES string of the molecule is CC(C)(C)[C@@H](c1cc2c(cc1[N+](=O)[O-])OCO2)N1CCNCC1. The molecule has 0 bridgehead atoms. The quantitative estimate of drug-likeness (QED) is 0.680. The van der Waals surface area contributed by atoms with Crippen molar-refractivity contribution < 1.29 is 14.4 Å². The highest BCUT2D eigenvalue weighted by molar-refractivity contribution is 5.56. The fourth-order valence-corrected chi connectivity index (χ4v) is 3.48. The summed E-state index contributed by atoms with van der Waals surface area (Å²) in [6.07, 6.45) is 0. The number of ether oxygens (including phenoxy) is 2. The minimum Gasteiger partial charge on any atom is -0.454 e. The molecule has 1 N–H and O–H groups in total. The lowest BCUT2D eigenvalue weighted by Crippen LogP contribution is -2.48. The Morgan fingerprint density at radius 1 is 1.22 bits per heavy atom. The number of nitro groups is 1. The van der Waals surface area contributed by atoms with Crippen LogP contribution in [0.5, 0.6) is 11.5 Å². The van der Waals surface area contributed by atoms with Gasteiger partial charge in [-0.1, -0.05) is 20.8 Å². The van der Waals surface area contributed by atoms with Gasteiger partial charge >= 0.3 is 0 Å². The summed E-state index contributed by atoms with van der Waals surface area (Å²) in [5, 5.41) is 14.9. The van der Waals surface area contributed by atoms with Crippen LogP contribution < -0.4 is 14.8 Å². The Balaban J connectivity index is 2.09. The fraction of sp³-hybridized carbons (Fsp3) is 0.625. The Kier molecular flexibility index (Phi) is 4.16. The summed E-state index contributed by atoms with van der Waals surface area (Å²) in [6.45, 7) is 10.00. The number of nitro benzene ring substituents is 1. The summed E-state index contributed by atoms with van der Waals surface area (Å²) in [5.41, 5.74) is 0.664. The summed E-state index contributed by atoms with van der Waals surface area (Å²) in [4.78, 5) is 13.6. The van der Waals surface area contributed by atoms with Crippen molar-refractivity contribution in [3.8, 4) is 11.5 Å². The number of hydrogen-bond acceptors (Lipinski definition) is 6. The number of nitrogens with one attached hydrogen (secondary N) is 1. The Bertz CT molecular complexity index is 606. The molecule has 7 nitrogen and oxygen atoms in total. The molecule has 3 rings (SSSR count). The van der Waals surface area contributed by atoms with E-state index in [2.05, 4.69) is 31.0 Å². The standard InChI is InChI=1S/C16H23N3O4/c1-16(2,3)15(18-6-4-17-5-7-18)11-8-13-14(23-10-22-13)9-12(11)19(20)21/h8-9,15,17H,4-7,10H2,1-3H3/t15-/m1/s1. The molecule has 1 aromatic carbocycles. The molecule has 126 valence electrons. The molecule has 1 fully saturated rings. The van der Waals surface area contributed by atoms with Gasteiger partial charge in [0, 0.05) is 32.2 Å². The molecule has 1 saturated heterocycles. The maximum absolute atomic E-state index is 11.6. The zero-order valence-electron chi connectivity index (χ0n) is 13.8. The summed E-state index contributed by atoms with van der Waals surface area (Å²) >= 11 is 0. The summed E-state index contributed by atoms with van der Waals surface area (Å²) in [7, 11) is 0. The van der Waals surface area contributed by atoms with E-state index in [1.54, 1.807) is 6.07 Å². The van der Waals surface area contributed by atoms with Gasteiger partial charge in [-0.15, -0.1) is 0 Å². The predicted molar refractivity (Wildman–Crippen MR) is 85.9 cm³/mol. The molecule has 2 aliphatic heterocycles. The molecule has 0 spiro atoms. The lowest BCUT2D eigenvalue weighted by Gasteiger charge is -2.42. The first-order valence-corrected chi connectivity index (χ1v) is 7.90. The van der Waals surface area contributed by atoms with E-state index in [1.807, 2.05) is 0 Å². The molecule has 0 aromatic heterocycles. The number of benzene rings is 1. The molecule has 7 heteroatoms. The molecule has 2 aliphatic rings. The second-order valence-electron chi connectivity index (χ2n) is 7.08. The van der Waals surface area contributed by atoms with Gasteiger partial charge in [0.15, 0.2) is 11.5 Å². The van der Waals surface area contributed by atoms with Crippen LogP contribution in [0.2, 0.25) is 0 Å². The minimum absolute atomic E-state index is 0.0560. The third-order valence-electron chi connectivity index (χ3n) is 4.35. The Morgan fingerprint density at radius 2 is 1.83 bits per heavy atom. The molecule has 0 radical (unpaired) electrons. The van der Waals surface area contributed by atoms with Crippen molar-refractivity contribution in [2.75, 3.05) is 33.0 Å². The zero-order valence-corrected chi connectivity index (χ0v) is 13.8. The van der Waals surface area contributed by atoms with Gasteiger partial charge in [0.2, 0.25) is 6.79 Å². The van der Waals surface area contributed by atoms with Gasteiger partial charge in [-0.05, 0) is 11.5 Å². The van der Waals surface area contributed by atoms with Crippen molar-refractivity contribution in [1.82, 2.24) is 10.2 Å². The van der Waals surface area contributed by atoms with Gasteiger partial charge < -0.3 is 14.8 Å². The van der Waals surface area contributed by atoms with E-state index in [-0.39, 0.29) is 28.9 Å². The summed E-state index contributed by atoms with van der Waals surface area (Å²) in [5.74, 6) is 1.04. The highest BCUT2D eigenvalue weighted by Crippen LogP contribution is 2.46. The van der Waals surface area contributed by atoms with Crippen LogP contribution in [-0.2, 0) is 0 Å². The highest BCUT2D eigenvalue weighted by Gasteiger charge is 2.38. The Labute approximate surface area is 135 Å². The molecule has 0 aliphatic carbocycles. The van der Waals surface area contributed by atoms with E-state index in [0.717, 1.165) is 26.2 Å². The van der Waals surface area contributed by atoms with E-state index < -0.39 is 0 Å². The predicted octanol–water partition coefficient (Wildman–Crippen LogP) is 2.32. The van der Waals surface area contributed by atoms with E-state index in [1.165, 1.54) is 6.07 Å². The average Bonchev–Trinajstić information content (AvgIpc) is 2.93. The lowest BCUT2D eigenvalue weighted by atomic mass is 9.80. The molecule has 1 aromatic rings. The maximum Gasteiger partial charge on any atom is 0.278 e. The van der Waals surface area contributed by atoms with Crippen LogP contribution in [0.25, 0.3) is 0 Å². The van der Waals surface area contributed by atoms with E-state index in [0.29, 0.717) is 17.1 Å². The number of rotatable bonds is 3. The molecule has 1 atom stereocenters. The van der Waals surface area contributed by atoms with Crippen molar-refractivity contribution in [3.05, 3.63) is 27.8 Å². The van der Waals surface area contributed by atoms with Gasteiger partial charge in [-0.3, -0.25) is 15.0 Å². The van der Waals surface area contributed by atoms with Gasteiger partial charge in [-0.2, -0.15) is 0 Å². The normalized spacial score (nSPS) is 19.6. The number of hydrogen-bond donors (Lipinski definition) is 1. The van der Waals surface area contributed by atoms with Crippen molar-refractivity contribution in [1.29, 1.82) is 0 Å². The van der Waals surface area contributed by atoms with E-state index >= 15 is 0 Å². The molecule has 2 heterocycles. The number of fused-ring (bicyclic) bond motifs is 1. The van der Waals surface area contributed by atoms with Gasteiger partial charge in [0.1, 0.15) is 0 Å². The molecular weight excluding hydrogens is 298 g/mol. The minimum atomic E-state index is -0.321. The van der Waals surface area contributed by atoms with E-state index in [9.17, 15) is 10.1 Å². The third kappa shape index (κ3) is 3.11. The van der Waals surface area contributed by atoms with Crippen LogP contribution in [0.1, 0.15) is 32.4 Å². The molecule has 23 heavy (non-hydrogen) atoms.